The smallest absolute Gasteiger partial charge is 0.335 e. The number of benzene rings is 2. The molecule has 0 bridgehead atoms. The molecule has 0 aliphatic heterocycles. The van der Waals surface area contributed by atoms with Gasteiger partial charge >= 0.3 is 6.18 Å². The summed E-state index contributed by atoms with van der Waals surface area (Å²) in [5.41, 5.74) is 0.308. The maximum atomic E-state index is 13.1. The average Bonchev–Trinajstić information content (AvgIpc) is 3.02. The number of carbonyl (C=O) groups is 1. The van der Waals surface area contributed by atoms with Crippen molar-refractivity contribution in [2.75, 3.05) is 16.9 Å². The van der Waals surface area contributed by atoms with E-state index in [-0.39, 0.29) is 15.9 Å². The van der Waals surface area contributed by atoms with E-state index in [1.807, 2.05) is 31.2 Å². The molecule has 3 rings (SSSR count). The van der Waals surface area contributed by atoms with Crippen molar-refractivity contribution < 1.29 is 18.0 Å². The molecule has 29 heavy (non-hydrogen) atoms. The zero-order chi connectivity index (χ0) is 21.2. The maximum Gasteiger partial charge on any atom is 0.418 e. The summed E-state index contributed by atoms with van der Waals surface area (Å²) in [5, 5.41) is 10.2. The SMILES string of the molecule is Cc1ccc(-c2nnc(SCC(=O)Nc3c(Cl)cccc3C(F)(F)F)n2N)cc1. The van der Waals surface area contributed by atoms with Crippen LogP contribution in [-0.2, 0) is 11.0 Å². The molecule has 0 aliphatic carbocycles. The molecule has 3 N–H and O–H groups in total. The van der Waals surface area contributed by atoms with Crippen molar-refractivity contribution in [2.45, 2.75) is 18.3 Å². The second kappa shape index (κ2) is 8.34. The highest BCUT2D eigenvalue weighted by molar-refractivity contribution is 7.99. The van der Waals surface area contributed by atoms with Crippen molar-refractivity contribution in [3.63, 3.8) is 0 Å². The van der Waals surface area contributed by atoms with Crippen molar-refractivity contribution in [3.05, 3.63) is 58.6 Å². The number of para-hydroxylation sites is 1. The highest BCUT2D eigenvalue weighted by atomic mass is 35.5. The van der Waals surface area contributed by atoms with Crippen LogP contribution in [0, 0.1) is 6.92 Å². The lowest BCUT2D eigenvalue weighted by atomic mass is 10.1. The van der Waals surface area contributed by atoms with E-state index >= 15 is 0 Å². The number of halogens is 4. The topological polar surface area (TPSA) is 85.8 Å². The Labute approximate surface area is 173 Å². The number of hydrogen-bond donors (Lipinski definition) is 2. The van der Waals surface area contributed by atoms with E-state index in [2.05, 4.69) is 15.5 Å². The van der Waals surface area contributed by atoms with Crippen molar-refractivity contribution in [1.82, 2.24) is 14.9 Å². The molecule has 2 aromatic carbocycles. The number of nitrogen functional groups attached to an aromatic ring is 1. The Balaban J connectivity index is 1.71. The molecule has 0 radical (unpaired) electrons. The summed E-state index contributed by atoms with van der Waals surface area (Å²) in [6.07, 6.45) is -4.65. The van der Waals surface area contributed by atoms with Crippen LogP contribution in [0.3, 0.4) is 0 Å². The first-order chi connectivity index (χ1) is 13.7. The van der Waals surface area contributed by atoms with Crippen LogP contribution in [-0.4, -0.2) is 26.5 Å². The Morgan fingerprint density at radius 1 is 1.21 bits per heavy atom. The summed E-state index contributed by atoms with van der Waals surface area (Å²) >= 11 is 6.78. The number of nitrogens with two attached hydrogens (primary N) is 1. The molecular formula is C18H15ClF3N5OS. The van der Waals surface area contributed by atoms with Crippen LogP contribution in [0.25, 0.3) is 11.4 Å². The van der Waals surface area contributed by atoms with Crippen LogP contribution in [0.5, 0.6) is 0 Å². The van der Waals surface area contributed by atoms with Gasteiger partial charge in [-0.05, 0) is 19.1 Å². The number of aryl methyl sites for hydroxylation is 1. The minimum absolute atomic E-state index is 0.207. The third-order valence-corrected chi connectivity index (χ3v) is 5.15. The second-order valence-electron chi connectivity index (χ2n) is 6.04. The Bertz CT molecular complexity index is 1040. The van der Waals surface area contributed by atoms with Gasteiger partial charge in [-0.3, -0.25) is 4.79 Å². The summed E-state index contributed by atoms with van der Waals surface area (Å²) in [6, 6.07) is 10.7. The molecule has 0 fully saturated rings. The van der Waals surface area contributed by atoms with Crippen molar-refractivity contribution in [2.24, 2.45) is 0 Å². The molecule has 6 nitrogen and oxygen atoms in total. The van der Waals surface area contributed by atoms with Gasteiger partial charge in [0, 0.05) is 5.56 Å². The van der Waals surface area contributed by atoms with Crippen LogP contribution in [0.15, 0.2) is 47.6 Å². The molecule has 0 saturated heterocycles. The second-order valence-corrected chi connectivity index (χ2v) is 7.39. The van der Waals surface area contributed by atoms with Crippen LogP contribution in [0.1, 0.15) is 11.1 Å². The Morgan fingerprint density at radius 3 is 2.55 bits per heavy atom. The van der Waals surface area contributed by atoms with Gasteiger partial charge in [0.25, 0.3) is 0 Å². The summed E-state index contributed by atoms with van der Waals surface area (Å²) in [6.45, 7) is 1.94. The Kier molecular flexibility index (Phi) is 6.04. The standard InChI is InChI=1S/C18H15ClF3N5OS/c1-10-5-7-11(8-6-10)16-25-26-17(27(16)23)29-9-14(28)24-15-12(18(20,21)22)3-2-4-13(15)19/h2-8H,9,23H2,1H3,(H,24,28). The molecule has 152 valence electrons. The van der Waals surface area contributed by atoms with Gasteiger partial charge in [0.05, 0.1) is 22.0 Å². The van der Waals surface area contributed by atoms with Gasteiger partial charge in [0.15, 0.2) is 5.82 Å². The van der Waals surface area contributed by atoms with Crippen molar-refractivity contribution in [3.8, 4) is 11.4 Å². The first kappa shape index (κ1) is 21.0. The number of alkyl halides is 3. The highest BCUT2D eigenvalue weighted by Gasteiger charge is 2.34. The Hall–Kier alpha value is -2.72. The molecule has 0 aliphatic rings. The molecule has 1 aromatic heterocycles. The fourth-order valence-corrected chi connectivity index (χ4v) is 3.35. The zero-order valence-electron chi connectivity index (χ0n) is 15.0. The highest BCUT2D eigenvalue weighted by Crippen LogP contribution is 2.38. The van der Waals surface area contributed by atoms with E-state index in [4.69, 9.17) is 17.4 Å². The average molecular weight is 442 g/mol. The molecule has 1 amide bonds. The number of carbonyl (C=O) groups excluding carboxylic acids is 1. The number of aromatic nitrogens is 3. The summed E-state index contributed by atoms with van der Waals surface area (Å²) in [7, 11) is 0. The van der Waals surface area contributed by atoms with Crippen molar-refractivity contribution >= 4 is 35.0 Å². The van der Waals surface area contributed by atoms with Gasteiger partial charge in [-0.1, -0.05) is 59.3 Å². The number of nitrogens with zero attached hydrogens (tertiary/aromatic N) is 3. The van der Waals surface area contributed by atoms with Gasteiger partial charge in [0.2, 0.25) is 11.1 Å². The molecule has 0 unspecified atom stereocenters. The fourth-order valence-electron chi connectivity index (χ4n) is 2.47. The molecule has 0 atom stereocenters. The molecule has 3 aromatic rings. The lowest BCUT2D eigenvalue weighted by molar-refractivity contribution is -0.137. The number of nitrogens with one attached hydrogen (secondary N) is 1. The number of amides is 1. The Morgan fingerprint density at radius 2 is 1.90 bits per heavy atom. The van der Waals surface area contributed by atoms with E-state index < -0.39 is 23.3 Å². The monoisotopic (exact) mass is 441 g/mol. The third kappa shape index (κ3) is 4.83. The van der Waals surface area contributed by atoms with Gasteiger partial charge < -0.3 is 11.2 Å². The van der Waals surface area contributed by atoms with Gasteiger partial charge in [-0.2, -0.15) is 13.2 Å². The van der Waals surface area contributed by atoms with Crippen LogP contribution in [0.2, 0.25) is 5.02 Å². The fraction of sp³-hybridized carbons (Fsp3) is 0.167. The lowest BCUT2D eigenvalue weighted by Gasteiger charge is -2.15. The van der Waals surface area contributed by atoms with E-state index in [1.165, 1.54) is 16.8 Å². The molecule has 0 saturated carbocycles. The van der Waals surface area contributed by atoms with E-state index in [0.717, 1.165) is 29.0 Å². The number of rotatable bonds is 5. The van der Waals surface area contributed by atoms with Crippen LogP contribution in [0.4, 0.5) is 18.9 Å². The van der Waals surface area contributed by atoms with Gasteiger partial charge in [-0.15, -0.1) is 10.2 Å². The predicted octanol–water partition coefficient (Wildman–Crippen LogP) is 4.37. The van der Waals surface area contributed by atoms with E-state index in [0.29, 0.717) is 5.82 Å². The maximum absolute atomic E-state index is 13.1. The first-order valence-electron chi connectivity index (χ1n) is 8.22. The first-order valence-corrected chi connectivity index (χ1v) is 9.59. The number of thioether (sulfide) groups is 1. The summed E-state index contributed by atoms with van der Waals surface area (Å²) in [5.74, 6) is 5.47. The van der Waals surface area contributed by atoms with Gasteiger partial charge in [0.1, 0.15) is 0 Å². The lowest BCUT2D eigenvalue weighted by Crippen LogP contribution is -2.19. The molecule has 11 heteroatoms. The van der Waals surface area contributed by atoms with Crippen LogP contribution < -0.4 is 11.2 Å². The minimum atomic E-state index is -4.65. The van der Waals surface area contributed by atoms with Crippen molar-refractivity contribution in [1.29, 1.82) is 0 Å². The summed E-state index contributed by atoms with van der Waals surface area (Å²) in [4.78, 5) is 12.2. The predicted molar refractivity (Wildman–Crippen MR) is 106 cm³/mol. The largest absolute Gasteiger partial charge is 0.418 e. The zero-order valence-corrected chi connectivity index (χ0v) is 16.6. The van der Waals surface area contributed by atoms with Gasteiger partial charge in [-0.25, -0.2) is 4.68 Å². The molecular weight excluding hydrogens is 427 g/mol. The summed E-state index contributed by atoms with van der Waals surface area (Å²) < 4.78 is 40.6. The number of anilines is 1. The third-order valence-electron chi connectivity index (χ3n) is 3.89. The van der Waals surface area contributed by atoms with Crippen LogP contribution >= 0.6 is 23.4 Å². The quantitative estimate of drug-likeness (QED) is 0.453. The molecule has 1 heterocycles. The number of hydrogen-bond acceptors (Lipinski definition) is 5. The normalized spacial score (nSPS) is 11.5. The molecule has 0 spiro atoms. The van der Waals surface area contributed by atoms with E-state index in [9.17, 15) is 18.0 Å². The minimum Gasteiger partial charge on any atom is -0.335 e. The van der Waals surface area contributed by atoms with E-state index in [1.54, 1.807) is 0 Å².